The molecular formula is C10H12Br2N2. The van der Waals surface area contributed by atoms with Gasteiger partial charge in [0.25, 0.3) is 0 Å². The molecule has 1 N–H and O–H groups in total. The number of halogens is 2. The number of rotatable bonds is 1. The van der Waals surface area contributed by atoms with Crippen LogP contribution in [0.25, 0.3) is 0 Å². The Morgan fingerprint density at radius 2 is 2.21 bits per heavy atom. The Kier molecular flexibility index (Phi) is 3.57. The van der Waals surface area contributed by atoms with E-state index in [1.54, 1.807) is 0 Å². The molecule has 0 aromatic carbocycles. The van der Waals surface area contributed by atoms with Gasteiger partial charge in [-0.15, -0.1) is 0 Å². The van der Waals surface area contributed by atoms with Gasteiger partial charge in [0.1, 0.15) is 4.60 Å². The molecule has 1 aliphatic rings. The third-order valence-electron chi connectivity index (χ3n) is 2.56. The van der Waals surface area contributed by atoms with Gasteiger partial charge >= 0.3 is 0 Å². The van der Waals surface area contributed by atoms with E-state index in [-0.39, 0.29) is 0 Å². The maximum absolute atomic E-state index is 4.18. The maximum Gasteiger partial charge on any atom is 0.120 e. The van der Waals surface area contributed by atoms with Crippen LogP contribution in [0.15, 0.2) is 21.3 Å². The maximum atomic E-state index is 4.18. The quantitative estimate of drug-likeness (QED) is 0.802. The van der Waals surface area contributed by atoms with Crippen molar-refractivity contribution in [3.63, 3.8) is 0 Å². The lowest BCUT2D eigenvalue weighted by Gasteiger charge is -2.24. The van der Waals surface area contributed by atoms with Crippen LogP contribution in [0.2, 0.25) is 0 Å². The Bertz CT molecular complexity index is 322. The number of hydrogen-bond acceptors (Lipinski definition) is 2. The van der Waals surface area contributed by atoms with Crippen molar-refractivity contribution in [1.82, 2.24) is 10.3 Å². The third-order valence-corrected chi connectivity index (χ3v) is 4.53. The fourth-order valence-electron chi connectivity index (χ4n) is 1.82. The smallest absolute Gasteiger partial charge is 0.120 e. The summed E-state index contributed by atoms with van der Waals surface area (Å²) in [5.41, 5.74) is 1.31. The molecule has 0 spiro atoms. The Morgan fingerprint density at radius 1 is 1.36 bits per heavy atom. The minimum atomic E-state index is 0.484. The monoisotopic (exact) mass is 318 g/mol. The van der Waals surface area contributed by atoms with Crippen molar-refractivity contribution in [2.24, 2.45) is 0 Å². The molecule has 0 bridgehead atoms. The van der Waals surface area contributed by atoms with Crippen molar-refractivity contribution in [3.8, 4) is 0 Å². The molecule has 0 saturated carbocycles. The molecule has 1 saturated heterocycles. The summed E-state index contributed by atoms with van der Waals surface area (Å²) in [6, 6.07) is 2.56. The van der Waals surface area contributed by atoms with E-state index in [4.69, 9.17) is 0 Å². The topological polar surface area (TPSA) is 24.9 Å². The average Bonchev–Trinajstić information content (AvgIpc) is 2.23. The fraction of sp³-hybridized carbons (Fsp3) is 0.500. The van der Waals surface area contributed by atoms with Crippen LogP contribution < -0.4 is 5.32 Å². The fourth-order valence-corrected chi connectivity index (χ4v) is 2.68. The van der Waals surface area contributed by atoms with Gasteiger partial charge in [-0.3, -0.25) is 0 Å². The third kappa shape index (κ3) is 2.18. The Labute approximate surface area is 101 Å². The largest absolute Gasteiger partial charge is 0.310 e. The van der Waals surface area contributed by atoms with Crippen LogP contribution in [0.5, 0.6) is 0 Å². The van der Waals surface area contributed by atoms with Crippen LogP contribution in [-0.4, -0.2) is 11.5 Å². The van der Waals surface area contributed by atoms with E-state index in [9.17, 15) is 0 Å². The van der Waals surface area contributed by atoms with E-state index in [0.29, 0.717) is 6.04 Å². The zero-order valence-electron chi connectivity index (χ0n) is 7.76. The van der Waals surface area contributed by atoms with Gasteiger partial charge in [0.15, 0.2) is 0 Å². The standard InChI is InChI=1S/C10H12Br2N2/c11-9-7(4-6-14-10(9)12)8-3-1-2-5-13-8/h4,6,8,13H,1-3,5H2. The number of aromatic nitrogens is 1. The SMILES string of the molecule is Brc1nccc(C2CCCCN2)c1Br. The van der Waals surface area contributed by atoms with Crippen LogP contribution in [-0.2, 0) is 0 Å². The van der Waals surface area contributed by atoms with Gasteiger partial charge < -0.3 is 5.32 Å². The summed E-state index contributed by atoms with van der Waals surface area (Å²) in [5, 5.41) is 3.52. The predicted molar refractivity (Wildman–Crippen MR) is 64.2 cm³/mol. The van der Waals surface area contributed by atoms with Crippen molar-refractivity contribution >= 4 is 31.9 Å². The van der Waals surface area contributed by atoms with E-state index >= 15 is 0 Å². The molecular weight excluding hydrogens is 308 g/mol. The summed E-state index contributed by atoms with van der Waals surface area (Å²) in [7, 11) is 0. The zero-order chi connectivity index (χ0) is 9.97. The van der Waals surface area contributed by atoms with Gasteiger partial charge in [0.2, 0.25) is 0 Å². The lowest BCUT2D eigenvalue weighted by molar-refractivity contribution is 0.411. The molecule has 2 rings (SSSR count). The Morgan fingerprint density at radius 3 is 2.93 bits per heavy atom. The summed E-state index contributed by atoms with van der Waals surface area (Å²) in [4.78, 5) is 4.18. The molecule has 1 aliphatic heterocycles. The summed E-state index contributed by atoms with van der Waals surface area (Å²) in [6.07, 6.45) is 5.67. The van der Waals surface area contributed by atoms with Gasteiger partial charge in [-0.25, -0.2) is 4.98 Å². The number of hydrogen-bond donors (Lipinski definition) is 1. The normalized spacial score (nSPS) is 22.3. The highest BCUT2D eigenvalue weighted by molar-refractivity contribution is 9.13. The predicted octanol–water partition coefficient (Wildman–Crippen LogP) is 3.42. The summed E-state index contributed by atoms with van der Waals surface area (Å²) >= 11 is 6.99. The van der Waals surface area contributed by atoms with Gasteiger partial charge in [0.05, 0.1) is 4.47 Å². The number of nitrogens with zero attached hydrogens (tertiary/aromatic N) is 1. The van der Waals surface area contributed by atoms with Crippen molar-refractivity contribution in [2.75, 3.05) is 6.54 Å². The van der Waals surface area contributed by atoms with E-state index in [1.165, 1.54) is 24.8 Å². The summed E-state index contributed by atoms with van der Waals surface area (Å²) in [6.45, 7) is 1.12. The van der Waals surface area contributed by atoms with Crippen LogP contribution in [0.1, 0.15) is 30.9 Å². The molecule has 1 fully saturated rings. The van der Waals surface area contributed by atoms with E-state index in [0.717, 1.165) is 15.6 Å². The van der Waals surface area contributed by atoms with E-state index in [1.807, 2.05) is 6.20 Å². The highest BCUT2D eigenvalue weighted by atomic mass is 79.9. The molecule has 0 radical (unpaired) electrons. The van der Waals surface area contributed by atoms with Crippen molar-refractivity contribution in [1.29, 1.82) is 0 Å². The number of pyridine rings is 1. The lowest BCUT2D eigenvalue weighted by Crippen LogP contribution is -2.27. The molecule has 1 unspecified atom stereocenters. The molecule has 76 valence electrons. The van der Waals surface area contributed by atoms with Crippen LogP contribution in [0.4, 0.5) is 0 Å². The van der Waals surface area contributed by atoms with E-state index in [2.05, 4.69) is 48.2 Å². The second-order valence-corrected chi connectivity index (χ2v) is 5.05. The Balaban J connectivity index is 2.26. The molecule has 0 amide bonds. The first-order valence-corrected chi connectivity index (χ1v) is 6.41. The molecule has 1 aromatic heterocycles. The average molecular weight is 320 g/mol. The van der Waals surface area contributed by atoms with Crippen LogP contribution >= 0.6 is 31.9 Å². The first-order chi connectivity index (χ1) is 6.79. The van der Waals surface area contributed by atoms with Gasteiger partial charge in [-0.05, 0) is 62.9 Å². The molecule has 1 aromatic rings. The summed E-state index contributed by atoms with van der Waals surface area (Å²) in [5.74, 6) is 0. The van der Waals surface area contributed by atoms with E-state index < -0.39 is 0 Å². The molecule has 14 heavy (non-hydrogen) atoms. The molecule has 1 atom stereocenters. The lowest BCUT2D eigenvalue weighted by atomic mass is 9.99. The van der Waals surface area contributed by atoms with Crippen LogP contribution in [0, 0.1) is 0 Å². The Hall–Kier alpha value is 0.0700. The molecule has 2 nitrogen and oxygen atoms in total. The minimum absolute atomic E-state index is 0.484. The highest BCUT2D eigenvalue weighted by Crippen LogP contribution is 2.32. The van der Waals surface area contributed by atoms with Crippen LogP contribution in [0.3, 0.4) is 0 Å². The van der Waals surface area contributed by atoms with Crippen molar-refractivity contribution in [3.05, 3.63) is 26.9 Å². The minimum Gasteiger partial charge on any atom is -0.310 e. The van der Waals surface area contributed by atoms with Gasteiger partial charge in [-0.2, -0.15) is 0 Å². The number of nitrogens with one attached hydrogen (secondary N) is 1. The second-order valence-electron chi connectivity index (χ2n) is 3.51. The first kappa shape index (κ1) is 10.6. The van der Waals surface area contributed by atoms with Crippen molar-refractivity contribution in [2.45, 2.75) is 25.3 Å². The highest BCUT2D eigenvalue weighted by Gasteiger charge is 2.18. The molecule has 2 heterocycles. The number of piperidine rings is 1. The first-order valence-electron chi connectivity index (χ1n) is 4.82. The molecule has 4 heteroatoms. The van der Waals surface area contributed by atoms with Gasteiger partial charge in [-0.1, -0.05) is 6.42 Å². The zero-order valence-corrected chi connectivity index (χ0v) is 10.9. The summed E-state index contributed by atoms with van der Waals surface area (Å²) < 4.78 is 1.97. The van der Waals surface area contributed by atoms with Gasteiger partial charge in [0, 0.05) is 12.2 Å². The molecule has 0 aliphatic carbocycles. The second kappa shape index (κ2) is 4.73. The van der Waals surface area contributed by atoms with Crippen molar-refractivity contribution < 1.29 is 0 Å².